The fourth-order valence-electron chi connectivity index (χ4n) is 3.31. The average molecular weight is 354 g/mol. The normalized spacial score (nSPS) is 31.9. The number of hydrogen-bond donors (Lipinski definition) is 2. The van der Waals surface area contributed by atoms with Crippen molar-refractivity contribution in [3.05, 3.63) is 0 Å². The van der Waals surface area contributed by atoms with E-state index in [2.05, 4.69) is 5.32 Å². The number of thioether (sulfide) groups is 1. The first-order chi connectivity index (χ1) is 10.7. The van der Waals surface area contributed by atoms with Gasteiger partial charge in [0, 0.05) is 24.4 Å². The number of rotatable bonds is 3. The molecule has 0 radical (unpaired) electrons. The van der Waals surface area contributed by atoms with Crippen LogP contribution in [0.1, 0.15) is 25.7 Å². The first-order valence-electron chi connectivity index (χ1n) is 7.60. The Morgan fingerprint density at radius 3 is 2.48 bits per heavy atom. The lowest BCUT2D eigenvalue weighted by Gasteiger charge is -2.30. The van der Waals surface area contributed by atoms with Crippen molar-refractivity contribution in [2.24, 2.45) is 11.8 Å². The second kappa shape index (κ2) is 7.19. The number of carbonyl (C=O) groups excluding carboxylic acids is 1. The predicted octanol–water partition coefficient (Wildman–Crippen LogP) is 2.57. The van der Waals surface area contributed by atoms with E-state index < -0.39 is 43.1 Å². The van der Waals surface area contributed by atoms with Crippen LogP contribution in [0.3, 0.4) is 0 Å². The highest BCUT2D eigenvalue weighted by Gasteiger charge is 2.53. The summed E-state index contributed by atoms with van der Waals surface area (Å²) < 4.78 is 38.8. The summed E-state index contributed by atoms with van der Waals surface area (Å²) in [6.45, 7) is -0.991. The zero-order valence-corrected chi connectivity index (χ0v) is 13.6. The second-order valence-corrected chi connectivity index (χ2v) is 7.31. The molecule has 0 aromatic heterocycles. The Bertz CT molecular complexity index is 461. The Morgan fingerprint density at radius 2 is 1.96 bits per heavy atom. The molecule has 0 aromatic rings. The number of nitrogens with one attached hydrogen (secondary N) is 1. The van der Waals surface area contributed by atoms with E-state index in [-0.39, 0.29) is 6.04 Å². The molecule has 2 amide bonds. The average Bonchev–Trinajstić information content (AvgIpc) is 2.93. The van der Waals surface area contributed by atoms with Crippen LogP contribution in [0.25, 0.3) is 0 Å². The minimum absolute atomic E-state index is 0.0538. The van der Waals surface area contributed by atoms with Crippen LogP contribution in [0, 0.1) is 11.8 Å². The molecule has 4 atom stereocenters. The van der Waals surface area contributed by atoms with Crippen LogP contribution in [0.5, 0.6) is 0 Å². The summed E-state index contributed by atoms with van der Waals surface area (Å²) in [5.41, 5.74) is 0. The summed E-state index contributed by atoms with van der Waals surface area (Å²) in [6.07, 6.45) is 1.04. The number of carbonyl (C=O) groups is 2. The topological polar surface area (TPSA) is 69.6 Å². The molecule has 9 heteroatoms. The van der Waals surface area contributed by atoms with Gasteiger partial charge in [-0.3, -0.25) is 4.79 Å². The van der Waals surface area contributed by atoms with Crippen LogP contribution in [0.4, 0.5) is 18.0 Å². The summed E-state index contributed by atoms with van der Waals surface area (Å²) in [6, 6.07) is -0.642. The smallest absolute Gasteiger partial charge is 0.394 e. The van der Waals surface area contributed by atoms with Crippen molar-refractivity contribution in [1.29, 1.82) is 0 Å². The number of urea groups is 1. The fraction of sp³-hybridized carbons (Fsp3) is 0.857. The van der Waals surface area contributed by atoms with Crippen molar-refractivity contribution in [3.63, 3.8) is 0 Å². The maximum Gasteiger partial charge on any atom is 0.394 e. The Kier molecular flexibility index (Phi) is 5.70. The van der Waals surface area contributed by atoms with E-state index in [1.54, 1.807) is 11.8 Å². The molecule has 0 aromatic carbocycles. The van der Waals surface area contributed by atoms with Crippen LogP contribution < -0.4 is 5.32 Å². The van der Waals surface area contributed by atoms with Crippen LogP contribution in [-0.2, 0) is 4.79 Å². The SMILES string of the molecule is CSC1CCCC(NC(=O)N2C[C@@H](C(F)(F)F)[C@H](C(=O)O)C2)C1. The molecule has 2 unspecified atom stereocenters. The molecule has 1 aliphatic heterocycles. The number of aliphatic carboxylic acids is 1. The Hall–Kier alpha value is -1.12. The molecule has 1 saturated heterocycles. The molecule has 2 aliphatic rings. The van der Waals surface area contributed by atoms with Gasteiger partial charge in [0.25, 0.3) is 0 Å². The van der Waals surface area contributed by atoms with Crippen molar-refractivity contribution in [2.75, 3.05) is 19.3 Å². The monoisotopic (exact) mass is 354 g/mol. The summed E-state index contributed by atoms with van der Waals surface area (Å²) in [7, 11) is 0. The van der Waals surface area contributed by atoms with Crippen LogP contribution in [0.2, 0.25) is 0 Å². The molecule has 2 fully saturated rings. The van der Waals surface area contributed by atoms with Crippen LogP contribution in [0.15, 0.2) is 0 Å². The van der Waals surface area contributed by atoms with E-state index in [0.717, 1.165) is 30.6 Å². The number of nitrogens with zero attached hydrogens (tertiary/aromatic N) is 1. The standard InChI is InChI=1S/C14H21F3N2O3S/c1-23-9-4-2-3-8(5-9)18-13(22)19-6-10(12(20)21)11(7-19)14(15,16)17/h8-11H,2-7H2,1H3,(H,18,22)(H,20,21)/t8?,9?,10-,11-/m1/s1. The second-order valence-electron chi connectivity index (χ2n) is 6.17. The van der Waals surface area contributed by atoms with E-state index in [9.17, 15) is 22.8 Å². The van der Waals surface area contributed by atoms with Crippen molar-refractivity contribution >= 4 is 23.8 Å². The van der Waals surface area contributed by atoms with E-state index in [4.69, 9.17) is 5.11 Å². The van der Waals surface area contributed by atoms with E-state index in [1.807, 2.05) is 6.26 Å². The highest BCUT2D eigenvalue weighted by atomic mass is 32.2. The van der Waals surface area contributed by atoms with Gasteiger partial charge < -0.3 is 15.3 Å². The minimum Gasteiger partial charge on any atom is -0.481 e. The van der Waals surface area contributed by atoms with Gasteiger partial charge in [-0.25, -0.2) is 4.79 Å². The summed E-state index contributed by atoms with van der Waals surface area (Å²) in [5.74, 6) is -5.11. The van der Waals surface area contributed by atoms with Crippen molar-refractivity contribution < 1.29 is 27.9 Å². The lowest BCUT2D eigenvalue weighted by atomic mass is 9.95. The highest BCUT2D eigenvalue weighted by Crippen LogP contribution is 2.37. The summed E-state index contributed by atoms with van der Waals surface area (Å²) in [4.78, 5) is 24.2. The van der Waals surface area contributed by atoms with Crippen molar-refractivity contribution in [3.8, 4) is 0 Å². The van der Waals surface area contributed by atoms with E-state index in [0.29, 0.717) is 5.25 Å². The Labute approximate surface area is 137 Å². The maximum absolute atomic E-state index is 12.9. The maximum atomic E-state index is 12.9. The Balaban J connectivity index is 1.96. The number of likely N-dealkylation sites (tertiary alicyclic amines) is 1. The van der Waals surface area contributed by atoms with Gasteiger partial charge in [-0.2, -0.15) is 24.9 Å². The third-order valence-electron chi connectivity index (χ3n) is 4.63. The van der Waals surface area contributed by atoms with Gasteiger partial charge in [0.1, 0.15) is 0 Å². The number of carboxylic acids is 1. The number of carboxylic acid groups (broad SMARTS) is 1. The largest absolute Gasteiger partial charge is 0.481 e. The molecule has 2 N–H and O–H groups in total. The van der Waals surface area contributed by atoms with Gasteiger partial charge in [-0.15, -0.1) is 0 Å². The quantitative estimate of drug-likeness (QED) is 0.817. The molecule has 0 spiro atoms. The van der Waals surface area contributed by atoms with Crippen LogP contribution >= 0.6 is 11.8 Å². The predicted molar refractivity (Wildman–Crippen MR) is 80.3 cm³/mol. The fourth-order valence-corrected chi connectivity index (χ4v) is 4.13. The summed E-state index contributed by atoms with van der Waals surface area (Å²) >= 11 is 1.73. The number of alkyl halides is 3. The first kappa shape index (κ1) is 18.2. The lowest BCUT2D eigenvalue weighted by molar-refractivity contribution is -0.187. The molecule has 5 nitrogen and oxygen atoms in total. The van der Waals surface area contributed by atoms with Crippen molar-refractivity contribution in [1.82, 2.24) is 10.2 Å². The summed E-state index contributed by atoms with van der Waals surface area (Å²) in [5, 5.41) is 12.2. The molecule has 1 aliphatic carbocycles. The molecule has 1 saturated carbocycles. The molecule has 2 rings (SSSR count). The van der Waals surface area contributed by atoms with Gasteiger partial charge >= 0.3 is 18.2 Å². The van der Waals surface area contributed by atoms with E-state index in [1.165, 1.54) is 0 Å². The van der Waals surface area contributed by atoms with Gasteiger partial charge in [0.05, 0.1) is 11.8 Å². The van der Waals surface area contributed by atoms with Gasteiger partial charge in [-0.05, 0) is 25.5 Å². The van der Waals surface area contributed by atoms with Gasteiger partial charge in [-0.1, -0.05) is 6.42 Å². The zero-order valence-electron chi connectivity index (χ0n) is 12.8. The van der Waals surface area contributed by atoms with E-state index >= 15 is 0 Å². The third-order valence-corrected chi connectivity index (χ3v) is 5.73. The molecule has 1 heterocycles. The molecular formula is C14H21F3N2O3S. The number of halogens is 3. The number of amides is 2. The molecular weight excluding hydrogens is 333 g/mol. The van der Waals surface area contributed by atoms with Crippen LogP contribution in [-0.4, -0.2) is 58.8 Å². The lowest BCUT2D eigenvalue weighted by Crippen LogP contribution is -2.46. The van der Waals surface area contributed by atoms with Crippen molar-refractivity contribution in [2.45, 2.75) is 43.2 Å². The third kappa shape index (κ3) is 4.45. The zero-order chi connectivity index (χ0) is 17.2. The Morgan fingerprint density at radius 1 is 1.26 bits per heavy atom. The highest BCUT2D eigenvalue weighted by molar-refractivity contribution is 7.99. The first-order valence-corrected chi connectivity index (χ1v) is 8.89. The molecule has 23 heavy (non-hydrogen) atoms. The minimum atomic E-state index is -4.62. The number of hydrogen-bond acceptors (Lipinski definition) is 3. The van der Waals surface area contributed by atoms with Gasteiger partial charge in [0.15, 0.2) is 0 Å². The molecule has 0 bridgehead atoms. The molecule has 132 valence electrons. The van der Waals surface area contributed by atoms with Gasteiger partial charge in [0.2, 0.25) is 0 Å².